The molecule has 0 aromatic heterocycles. The summed E-state index contributed by atoms with van der Waals surface area (Å²) < 4.78 is 0. The van der Waals surface area contributed by atoms with Crippen LogP contribution in [0.15, 0.2) is 72.8 Å². The fourth-order valence-electron chi connectivity index (χ4n) is 6.03. The molecule has 2 aliphatic carbocycles. The van der Waals surface area contributed by atoms with Gasteiger partial charge in [-0.2, -0.15) is 0 Å². The molecule has 0 heteroatoms. The summed E-state index contributed by atoms with van der Waals surface area (Å²) in [5.74, 6) is 2.28. The van der Waals surface area contributed by atoms with Gasteiger partial charge in [0.25, 0.3) is 0 Å². The van der Waals surface area contributed by atoms with Gasteiger partial charge in [0.15, 0.2) is 0 Å². The molecule has 0 aliphatic heterocycles. The third-order valence-corrected chi connectivity index (χ3v) is 7.67. The average molecular weight is 407 g/mol. The second kappa shape index (κ2) is 8.50. The largest absolute Gasteiger partial charge is 0.0648 e. The highest BCUT2D eigenvalue weighted by Gasteiger charge is 2.23. The predicted molar refractivity (Wildman–Crippen MR) is 135 cm³/mol. The predicted octanol–water partition coefficient (Wildman–Crippen LogP) is 8.81. The highest BCUT2D eigenvalue weighted by molar-refractivity contribution is 5.91. The van der Waals surface area contributed by atoms with Gasteiger partial charge in [0, 0.05) is 0 Å². The minimum absolute atomic E-state index is 0.749. The quantitative estimate of drug-likeness (QED) is 0.312. The maximum Gasteiger partial charge on any atom is -0.0117 e. The number of aryl methyl sites for hydroxylation is 2. The highest BCUT2D eigenvalue weighted by atomic mass is 14.3. The van der Waals surface area contributed by atoms with Crippen LogP contribution >= 0.6 is 0 Å². The Kier molecular flexibility index (Phi) is 5.57. The lowest BCUT2D eigenvalue weighted by Gasteiger charge is -2.28. The van der Waals surface area contributed by atoms with Gasteiger partial charge in [0.05, 0.1) is 0 Å². The van der Waals surface area contributed by atoms with E-state index in [9.17, 15) is 0 Å². The molecule has 158 valence electrons. The second-order valence-electron chi connectivity index (χ2n) is 9.76. The van der Waals surface area contributed by atoms with Crippen molar-refractivity contribution in [2.24, 2.45) is 5.92 Å². The van der Waals surface area contributed by atoms with Gasteiger partial charge in [-0.3, -0.25) is 0 Å². The molecule has 0 nitrogen and oxygen atoms in total. The topological polar surface area (TPSA) is 0 Å². The summed E-state index contributed by atoms with van der Waals surface area (Å²) in [6.45, 7) is 6.99. The normalized spacial score (nSPS) is 19.4. The SMILES string of the molecule is CC(C)C1CCc2cccc3cccc1c23.CCC1CCc2cccc3cccc1c23. The van der Waals surface area contributed by atoms with Crippen LogP contribution in [0.2, 0.25) is 0 Å². The first-order valence-electron chi connectivity index (χ1n) is 12.2. The van der Waals surface area contributed by atoms with Crippen molar-refractivity contribution >= 4 is 21.5 Å². The van der Waals surface area contributed by atoms with Crippen LogP contribution in [0.3, 0.4) is 0 Å². The number of hydrogen-bond acceptors (Lipinski definition) is 0. The zero-order valence-electron chi connectivity index (χ0n) is 19.2. The van der Waals surface area contributed by atoms with E-state index in [-0.39, 0.29) is 0 Å². The third-order valence-electron chi connectivity index (χ3n) is 7.67. The summed E-state index contributed by atoms with van der Waals surface area (Å²) in [4.78, 5) is 0. The van der Waals surface area contributed by atoms with E-state index in [1.54, 1.807) is 22.3 Å². The highest BCUT2D eigenvalue weighted by Crippen LogP contribution is 2.40. The average Bonchev–Trinajstić information content (AvgIpc) is 2.81. The Balaban J connectivity index is 0.000000132. The van der Waals surface area contributed by atoms with Gasteiger partial charge >= 0.3 is 0 Å². The molecule has 6 rings (SSSR count). The van der Waals surface area contributed by atoms with E-state index in [1.807, 2.05) is 0 Å². The first kappa shape index (κ1) is 20.3. The molecule has 2 aliphatic rings. The molecule has 0 amide bonds. The smallest absolute Gasteiger partial charge is 0.0117 e. The van der Waals surface area contributed by atoms with Crippen LogP contribution in [0, 0.1) is 5.92 Å². The molecular weight excluding hydrogens is 372 g/mol. The van der Waals surface area contributed by atoms with Crippen molar-refractivity contribution < 1.29 is 0 Å². The van der Waals surface area contributed by atoms with Gasteiger partial charge in [-0.15, -0.1) is 0 Å². The Bertz CT molecular complexity index is 1200. The van der Waals surface area contributed by atoms with Gasteiger partial charge in [-0.1, -0.05) is 93.6 Å². The van der Waals surface area contributed by atoms with Gasteiger partial charge in [-0.05, 0) is 93.7 Å². The van der Waals surface area contributed by atoms with Crippen molar-refractivity contribution in [1.29, 1.82) is 0 Å². The molecule has 0 spiro atoms. The van der Waals surface area contributed by atoms with E-state index in [1.165, 1.54) is 53.6 Å². The van der Waals surface area contributed by atoms with Crippen LogP contribution in [-0.4, -0.2) is 0 Å². The monoisotopic (exact) mass is 406 g/mol. The van der Waals surface area contributed by atoms with Crippen molar-refractivity contribution in [2.45, 2.75) is 64.7 Å². The van der Waals surface area contributed by atoms with Crippen LogP contribution in [0.1, 0.15) is 74.1 Å². The number of rotatable bonds is 2. The molecule has 0 saturated heterocycles. The van der Waals surface area contributed by atoms with Crippen molar-refractivity contribution in [3.05, 3.63) is 95.1 Å². The first-order valence-corrected chi connectivity index (χ1v) is 12.2. The summed E-state index contributed by atoms with van der Waals surface area (Å²) in [5.41, 5.74) is 6.25. The van der Waals surface area contributed by atoms with E-state index < -0.39 is 0 Å². The Morgan fingerprint density at radius 1 is 0.677 bits per heavy atom. The van der Waals surface area contributed by atoms with E-state index in [0.717, 1.165) is 17.8 Å². The van der Waals surface area contributed by atoms with E-state index >= 15 is 0 Å². The Labute approximate surface area is 187 Å². The second-order valence-corrected chi connectivity index (χ2v) is 9.76. The lowest BCUT2D eigenvalue weighted by Crippen LogP contribution is -2.13. The first-order chi connectivity index (χ1) is 15.2. The van der Waals surface area contributed by atoms with Crippen LogP contribution in [0.4, 0.5) is 0 Å². The molecule has 0 fully saturated rings. The summed E-state index contributed by atoms with van der Waals surface area (Å²) in [6, 6.07) is 27.0. The molecule has 31 heavy (non-hydrogen) atoms. The van der Waals surface area contributed by atoms with Gasteiger partial charge in [0.2, 0.25) is 0 Å². The Hall–Kier alpha value is -2.60. The molecule has 0 N–H and O–H groups in total. The summed E-state index contributed by atoms with van der Waals surface area (Å²) in [7, 11) is 0. The van der Waals surface area contributed by atoms with Crippen molar-refractivity contribution in [3.63, 3.8) is 0 Å². The standard InChI is InChI=1S/C16H18.C15H16/c1-11(2)14-10-9-13-6-3-5-12-7-4-8-15(14)16(12)13;1-2-11-9-10-13-6-3-5-12-7-4-8-14(11)15(12)13/h3-8,11,14H,9-10H2,1-2H3;3-8,11H,2,9-10H2,1H3. The third kappa shape index (κ3) is 3.67. The van der Waals surface area contributed by atoms with Crippen LogP contribution < -0.4 is 0 Å². The fourth-order valence-corrected chi connectivity index (χ4v) is 6.03. The van der Waals surface area contributed by atoms with Gasteiger partial charge < -0.3 is 0 Å². The summed E-state index contributed by atoms with van der Waals surface area (Å²) in [5, 5.41) is 5.91. The molecule has 2 unspecified atom stereocenters. The summed E-state index contributed by atoms with van der Waals surface area (Å²) >= 11 is 0. The van der Waals surface area contributed by atoms with Gasteiger partial charge in [0.1, 0.15) is 0 Å². The molecule has 4 aromatic carbocycles. The number of hydrogen-bond donors (Lipinski definition) is 0. The van der Waals surface area contributed by atoms with Crippen molar-refractivity contribution in [1.82, 2.24) is 0 Å². The number of benzene rings is 4. The lowest BCUT2D eigenvalue weighted by molar-refractivity contribution is 0.464. The fraction of sp³-hybridized carbons (Fsp3) is 0.355. The van der Waals surface area contributed by atoms with Crippen molar-refractivity contribution in [3.8, 4) is 0 Å². The van der Waals surface area contributed by atoms with E-state index in [4.69, 9.17) is 0 Å². The molecule has 4 aromatic rings. The zero-order valence-corrected chi connectivity index (χ0v) is 19.2. The summed E-state index contributed by atoms with van der Waals surface area (Å²) in [6.07, 6.45) is 6.41. The minimum Gasteiger partial charge on any atom is -0.0648 e. The van der Waals surface area contributed by atoms with Crippen LogP contribution in [-0.2, 0) is 12.8 Å². The van der Waals surface area contributed by atoms with Gasteiger partial charge in [-0.25, -0.2) is 0 Å². The van der Waals surface area contributed by atoms with Crippen LogP contribution in [0.5, 0.6) is 0 Å². The van der Waals surface area contributed by atoms with E-state index in [2.05, 4.69) is 93.6 Å². The Morgan fingerprint density at radius 2 is 1.19 bits per heavy atom. The maximum atomic E-state index is 2.34. The molecular formula is C31H34. The molecule has 0 bridgehead atoms. The van der Waals surface area contributed by atoms with Crippen LogP contribution in [0.25, 0.3) is 21.5 Å². The molecule has 0 saturated carbocycles. The Morgan fingerprint density at radius 3 is 1.77 bits per heavy atom. The van der Waals surface area contributed by atoms with Crippen molar-refractivity contribution in [2.75, 3.05) is 0 Å². The molecule has 0 radical (unpaired) electrons. The minimum atomic E-state index is 0.749. The molecule has 2 atom stereocenters. The molecule has 0 heterocycles. The van der Waals surface area contributed by atoms with E-state index in [0.29, 0.717) is 0 Å². The maximum absolute atomic E-state index is 2.34. The lowest BCUT2D eigenvalue weighted by atomic mass is 9.76. The zero-order chi connectivity index (χ0) is 21.4.